The predicted molar refractivity (Wildman–Crippen MR) is 90.6 cm³/mol. The number of hydrogen-bond donors (Lipinski definition) is 1. The first-order valence-electron chi connectivity index (χ1n) is 8.13. The van der Waals surface area contributed by atoms with Crippen molar-refractivity contribution in [2.75, 3.05) is 40.3 Å². The maximum absolute atomic E-state index is 12.6. The van der Waals surface area contributed by atoms with Crippen molar-refractivity contribution in [1.82, 2.24) is 9.88 Å². The van der Waals surface area contributed by atoms with E-state index in [-0.39, 0.29) is 5.91 Å². The van der Waals surface area contributed by atoms with Gasteiger partial charge in [0.05, 0.1) is 45.9 Å². The average Bonchev–Trinajstić information content (AvgIpc) is 3.02. The highest BCUT2D eigenvalue weighted by atomic mass is 16.5. The Bertz CT molecular complexity index is 910. The third-order valence-corrected chi connectivity index (χ3v) is 4.62. The molecule has 0 bridgehead atoms. The summed E-state index contributed by atoms with van der Waals surface area (Å²) in [6.45, 7) is 3.45. The zero-order valence-corrected chi connectivity index (χ0v) is 13.8. The van der Waals surface area contributed by atoms with Gasteiger partial charge in [0.2, 0.25) is 5.71 Å². The third-order valence-electron chi connectivity index (χ3n) is 4.62. The van der Waals surface area contributed by atoms with Gasteiger partial charge in [-0.1, -0.05) is 0 Å². The second-order valence-electron chi connectivity index (χ2n) is 6.30. The van der Waals surface area contributed by atoms with E-state index < -0.39 is 0 Å². The number of nitrogens with one attached hydrogen (secondary N) is 1. The summed E-state index contributed by atoms with van der Waals surface area (Å²) < 4.78 is 11.0. The standard InChI is InChI=1S/C18H19N3O3/c1-20-5-7-21(8-6-20)18(22)16-11-13-9-12-10-14(23-2)3-4-15(12)19-17(13)24-16/h3-4,9-11H,5-8H2,1-2H3/p+1. The molecule has 6 heteroatoms. The molecule has 3 heterocycles. The molecule has 124 valence electrons. The van der Waals surface area contributed by atoms with Crippen LogP contribution < -0.4 is 9.64 Å². The monoisotopic (exact) mass is 326 g/mol. The van der Waals surface area contributed by atoms with Crippen molar-refractivity contribution in [1.29, 1.82) is 0 Å². The van der Waals surface area contributed by atoms with Crippen LogP contribution in [0.4, 0.5) is 0 Å². The lowest BCUT2D eigenvalue weighted by molar-refractivity contribution is -0.883. The van der Waals surface area contributed by atoms with Crippen molar-refractivity contribution in [2.45, 2.75) is 0 Å². The molecular weight excluding hydrogens is 306 g/mol. The van der Waals surface area contributed by atoms with Crippen LogP contribution in [0.3, 0.4) is 0 Å². The van der Waals surface area contributed by atoms with Gasteiger partial charge in [-0.05, 0) is 30.3 Å². The number of amides is 1. The lowest BCUT2D eigenvalue weighted by Crippen LogP contribution is -3.12. The molecule has 0 saturated carbocycles. The SMILES string of the molecule is COc1ccc2nc3oc(C(=O)N4CC[NH+](C)CC4)cc3cc2c1. The molecule has 0 radical (unpaired) electrons. The van der Waals surface area contributed by atoms with Gasteiger partial charge in [-0.2, -0.15) is 0 Å². The van der Waals surface area contributed by atoms with Crippen molar-refractivity contribution in [3.8, 4) is 5.75 Å². The van der Waals surface area contributed by atoms with Crippen molar-refractivity contribution in [2.24, 2.45) is 0 Å². The van der Waals surface area contributed by atoms with Gasteiger partial charge in [-0.3, -0.25) is 4.79 Å². The largest absolute Gasteiger partial charge is 0.497 e. The summed E-state index contributed by atoms with van der Waals surface area (Å²) >= 11 is 0. The molecule has 1 N–H and O–H groups in total. The highest BCUT2D eigenvalue weighted by Gasteiger charge is 2.25. The second kappa shape index (κ2) is 5.79. The van der Waals surface area contributed by atoms with Gasteiger partial charge < -0.3 is 19.0 Å². The third kappa shape index (κ3) is 2.59. The minimum atomic E-state index is -0.0536. The summed E-state index contributed by atoms with van der Waals surface area (Å²) in [6.07, 6.45) is 0. The van der Waals surface area contributed by atoms with Crippen LogP contribution in [0, 0.1) is 0 Å². The number of likely N-dealkylation sites (N-methyl/N-ethyl adjacent to an activating group) is 1. The van der Waals surface area contributed by atoms with E-state index in [1.165, 1.54) is 4.90 Å². The number of rotatable bonds is 2. The van der Waals surface area contributed by atoms with Crippen LogP contribution in [-0.2, 0) is 0 Å². The molecular formula is C18H20N3O3+. The second-order valence-corrected chi connectivity index (χ2v) is 6.30. The Kier molecular flexibility index (Phi) is 3.61. The Hall–Kier alpha value is -2.60. The smallest absolute Gasteiger partial charge is 0.290 e. The first-order valence-corrected chi connectivity index (χ1v) is 8.13. The number of quaternary nitrogens is 1. The first-order chi connectivity index (χ1) is 11.6. The minimum absolute atomic E-state index is 0.0536. The summed E-state index contributed by atoms with van der Waals surface area (Å²) in [5.41, 5.74) is 1.32. The fourth-order valence-corrected chi connectivity index (χ4v) is 3.09. The summed E-state index contributed by atoms with van der Waals surface area (Å²) in [6, 6.07) is 9.45. The number of furan rings is 1. The number of aromatic nitrogens is 1. The minimum Gasteiger partial charge on any atom is -0.497 e. The highest BCUT2D eigenvalue weighted by molar-refractivity contribution is 5.98. The molecule has 0 aliphatic carbocycles. The molecule has 0 spiro atoms. The van der Waals surface area contributed by atoms with Crippen LogP contribution in [-0.4, -0.2) is 56.1 Å². The van der Waals surface area contributed by atoms with Crippen LogP contribution in [0.5, 0.6) is 5.75 Å². The lowest BCUT2D eigenvalue weighted by Gasteiger charge is -2.29. The number of methoxy groups -OCH3 is 1. The number of ether oxygens (including phenoxy) is 1. The molecule has 3 aromatic rings. The quantitative estimate of drug-likeness (QED) is 0.762. The van der Waals surface area contributed by atoms with E-state index in [9.17, 15) is 4.79 Å². The molecule has 2 aromatic heterocycles. The van der Waals surface area contributed by atoms with E-state index >= 15 is 0 Å². The van der Waals surface area contributed by atoms with E-state index in [4.69, 9.17) is 9.15 Å². The van der Waals surface area contributed by atoms with Gasteiger partial charge in [0.1, 0.15) is 5.75 Å². The Morgan fingerprint density at radius 1 is 1.21 bits per heavy atom. The zero-order valence-electron chi connectivity index (χ0n) is 13.8. The molecule has 6 nitrogen and oxygen atoms in total. The Balaban J connectivity index is 1.69. The van der Waals surface area contributed by atoms with Gasteiger partial charge in [-0.25, -0.2) is 4.98 Å². The van der Waals surface area contributed by atoms with Crippen molar-refractivity contribution in [3.05, 3.63) is 36.1 Å². The van der Waals surface area contributed by atoms with Gasteiger partial charge in [0.25, 0.3) is 5.91 Å². The fraction of sp³-hybridized carbons (Fsp3) is 0.333. The Morgan fingerprint density at radius 3 is 2.75 bits per heavy atom. The van der Waals surface area contributed by atoms with E-state index in [1.54, 1.807) is 13.2 Å². The zero-order chi connectivity index (χ0) is 16.7. The molecule has 0 atom stereocenters. The van der Waals surface area contributed by atoms with Crippen molar-refractivity contribution in [3.63, 3.8) is 0 Å². The molecule has 1 amide bonds. The summed E-state index contributed by atoms with van der Waals surface area (Å²) in [7, 11) is 3.78. The van der Waals surface area contributed by atoms with E-state index in [0.29, 0.717) is 11.5 Å². The number of pyridine rings is 1. The molecule has 1 aliphatic heterocycles. The average molecular weight is 326 g/mol. The van der Waals surface area contributed by atoms with Crippen molar-refractivity contribution >= 4 is 27.9 Å². The maximum Gasteiger partial charge on any atom is 0.290 e. The van der Waals surface area contributed by atoms with Gasteiger partial charge in [0.15, 0.2) is 5.76 Å². The van der Waals surface area contributed by atoms with E-state index in [0.717, 1.165) is 48.2 Å². The molecule has 0 unspecified atom stereocenters. The highest BCUT2D eigenvalue weighted by Crippen LogP contribution is 2.26. The molecule has 1 aromatic carbocycles. The summed E-state index contributed by atoms with van der Waals surface area (Å²) in [5, 5.41) is 1.80. The number of piperazine rings is 1. The lowest BCUT2D eigenvalue weighted by atomic mass is 10.2. The molecule has 24 heavy (non-hydrogen) atoms. The van der Waals surface area contributed by atoms with Crippen LogP contribution in [0.15, 0.2) is 34.7 Å². The van der Waals surface area contributed by atoms with E-state index in [1.807, 2.05) is 29.2 Å². The molecule has 4 rings (SSSR count). The Morgan fingerprint density at radius 2 is 2.00 bits per heavy atom. The number of fused-ring (bicyclic) bond motifs is 2. The number of benzene rings is 1. The number of carbonyl (C=O) groups excluding carboxylic acids is 1. The normalized spacial score (nSPS) is 16.0. The van der Waals surface area contributed by atoms with Gasteiger partial charge in [0, 0.05) is 10.8 Å². The molecule has 1 saturated heterocycles. The summed E-state index contributed by atoms with van der Waals surface area (Å²) in [4.78, 5) is 20.5. The maximum atomic E-state index is 12.6. The van der Waals surface area contributed by atoms with Crippen LogP contribution in [0.25, 0.3) is 22.0 Å². The van der Waals surface area contributed by atoms with Gasteiger partial charge in [-0.15, -0.1) is 0 Å². The number of carbonyl (C=O) groups is 1. The first kappa shape index (κ1) is 15.0. The number of hydrogen-bond acceptors (Lipinski definition) is 4. The number of nitrogens with zero attached hydrogens (tertiary/aromatic N) is 2. The van der Waals surface area contributed by atoms with Crippen LogP contribution in [0.2, 0.25) is 0 Å². The van der Waals surface area contributed by atoms with Crippen LogP contribution >= 0.6 is 0 Å². The van der Waals surface area contributed by atoms with Gasteiger partial charge >= 0.3 is 0 Å². The van der Waals surface area contributed by atoms with Crippen LogP contribution in [0.1, 0.15) is 10.6 Å². The topological polar surface area (TPSA) is 60.0 Å². The molecule has 1 aliphatic rings. The summed E-state index contributed by atoms with van der Waals surface area (Å²) in [5.74, 6) is 1.09. The fourth-order valence-electron chi connectivity index (χ4n) is 3.09. The van der Waals surface area contributed by atoms with E-state index in [2.05, 4.69) is 12.0 Å². The molecule has 1 fully saturated rings. The van der Waals surface area contributed by atoms with Crippen molar-refractivity contribution < 1.29 is 18.8 Å². The Labute approximate surface area is 139 Å². The predicted octanol–water partition coefficient (Wildman–Crippen LogP) is 0.960.